The summed E-state index contributed by atoms with van der Waals surface area (Å²) in [5.41, 5.74) is 3.22. The molecule has 1 aromatic carbocycles. The quantitative estimate of drug-likeness (QED) is 0.808. The van der Waals surface area contributed by atoms with Crippen molar-refractivity contribution >= 4 is 35.0 Å². The van der Waals surface area contributed by atoms with Gasteiger partial charge >= 0.3 is 0 Å². The Morgan fingerprint density at radius 1 is 1.38 bits per heavy atom. The second-order valence-electron chi connectivity index (χ2n) is 5.00. The molecule has 0 aromatic heterocycles. The van der Waals surface area contributed by atoms with Gasteiger partial charge < -0.3 is 4.90 Å². The van der Waals surface area contributed by atoms with Gasteiger partial charge in [-0.2, -0.15) is 0 Å². The molecule has 0 radical (unpaired) electrons. The number of anilines is 1. The Morgan fingerprint density at radius 3 is 2.67 bits per heavy atom. The molecule has 1 aliphatic rings. The molecule has 2 rings (SSSR count). The fourth-order valence-corrected chi connectivity index (χ4v) is 3.52. The molecule has 0 fully saturated rings. The van der Waals surface area contributed by atoms with Crippen LogP contribution < -0.4 is 4.90 Å². The minimum absolute atomic E-state index is 0.0481. The van der Waals surface area contributed by atoms with Crippen LogP contribution in [0.15, 0.2) is 23.7 Å². The largest absolute Gasteiger partial charge is 0.350 e. The summed E-state index contributed by atoms with van der Waals surface area (Å²) in [6.07, 6.45) is 3.73. The SMILES string of the molecule is CCc1ccc(Cl)c(CC)c1N(CN1C=CSC1)C(C)=O. The molecule has 0 unspecified atom stereocenters. The van der Waals surface area contributed by atoms with Gasteiger partial charge in [0.25, 0.3) is 0 Å². The molecule has 0 saturated carbocycles. The normalized spacial score (nSPS) is 13.8. The molecule has 1 heterocycles. The van der Waals surface area contributed by atoms with Crippen LogP contribution in [-0.2, 0) is 17.6 Å². The predicted molar refractivity (Wildman–Crippen MR) is 91.7 cm³/mol. The van der Waals surface area contributed by atoms with Crippen LogP contribution in [0.3, 0.4) is 0 Å². The van der Waals surface area contributed by atoms with Gasteiger partial charge in [0.1, 0.15) is 0 Å². The van der Waals surface area contributed by atoms with Crippen molar-refractivity contribution in [2.45, 2.75) is 33.6 Å². The van der Waals surface area contributed by atoms with E-state index in [2.05, 4.69) is 24.2 Å². The summed E-state index contributed by atoms with van der Waals surface area (Å²) >= 11 is 8.09. The second-order valence-corrected chi connectivity index (χ2v) is 6.27. The summed E-state index contributed by atoms with van der Waals surface area (Å²) in [5.74, 6) is 0.930. The van der Waals surface area contributed by atoms with Crippen molar-refractivity contribution in [3.8, 4) is 0 Å². The van der Waals surface area contributed by atoms with Gasteiger partial charge in [-0.15, -0.1) is 11.8 Å². The Balaban J connectivity index is 2.45. The number of aryl methyl sites for hydroxylation is 1. The van der Waals surface area contributed by atoms with Gasteiger partial charge in [0.2, 0.25) is 5.91 Å². The molecule has 1 aliphatic heterocycles. The van der Waals surface area contributed by atoms with Crippen LogP contribution in [0.4, 0.5) is 5.69 Å². The third kappa shape index (κ3) is 3.55. The standard InChI is InChI=1S/C16H21ClN2OS/c1-4-13-6-7-15(17)14(5-2)16(13)19(12(3)20)10-18-8-9-21-11-18/h6-9H,4-5,10-11H2,1-3H3. The maximum atomic E-state index is 12.2. The van der Waals surface area contributed by atoms with Crippen molar-refractivity contribution < 1.29 is 4.79 Å². The number of carbonyl (C=O) groups excluding carboxylic acids is 1. The van der Waals surface area contributed by atoms with E-state index < -0.39 is 0 Å². The summed E-state index contributed by atoms with van der Waals surface area (Å²) in [5, 5.41) is 2.79. The maximum Gasteiger partial charge on any atom is 0.225 e. The number of rotatable bonds is 5. The van der Waals surface area contributed by atoms with Gasteiger partial charge in [-0.05, 0) is 35.4 Å². The maximum absolute atomic E-state index is 12.2. The smallest absolute Gasteiger partial charge is 0.225 e. The van der Waals surface area contributed by atoms with Crippen LogP contribution in [0.1, 0.15) is 31.9 Å². The molecule has 1 aromatic rings. The zero-order valence-electron chi connectivity index (χ0n) is 12.7. The first-order valence-electron chi connectivity index (χ1n) is 7.19. The molecule has 1 amide bonds. The first kappa shape index (κ1) is 16.2. The van der Waals surface area contributed by atoms with E-state index in [9.17, 15) is 4.79 Å². The molecule has 0 bridgehead atoms. The van der Waals surface area contributed by atoms with Crippen molar-refractivity contribution in [3.05, 3.63) is 39.9 Å². The summed E-state index contributed by atoms with van der Waals surface area (Å²) in [6, 6.07) is 3.97. The van der Waals surface area contributed by atoms with Crippen molar-refractivity contribution in [1.82, 2.24) is 4.90 Å². The second kappa shape index (κ2) is 7.23. The molecule has 5 heteroatoms. The summed E-state index contributed by atoms with van der Waals surface area (Å²) in [7, 11) is 0. The Hall–Kier alpha value is -1.13. The minimum Gasteiger partial charge on any atom is -0.350 e. The lowest BCUT2D eigenvalue weighted by atomic mass is 10.0. The molecular weight excluding hydrogens is 304 g/mol. The minimum atomic E-state index is 0.0481. The van der Waals surface area contributed by atoms with Gasteiger partial charge in [0.15, 0.2) is 0 Å². The monoisotopic (exact) mass is 324 g/mol. The van der Waals surface area contributed by atoms with E-state index in [1.807, 2.05) is 23.2 Å². The number of hydrogen-bond donors (Lipinski definition) is 0. The summed E-state index contributed by atoms with van der Waals surface area (Å²) in [4.78, 5) is 16.2. The molecule has 0 spiro atoms. The summed E-state index contributed by atoms with van der Waals surface area (Å²) in [6.45, 7) is 6.37. The van der Waals surface area contributed by atoms with Crippen LogP contribution in [0.5, 0.6) is 0 Å². The number of hydrogen-bond acceptors (Lipinski definition) is 3. The van der Waals surface area contributed by atoms with Crippen LogP contribution in [0, 0.1) is 0 Å². The first-order valence-corrected chi connectivity index (χ1v) is 8.61. The fourth-order valence-electron chi connectivity index (χ4n) is 2.53. The van der Waals surface area contributed by atoms with Crippen molar-refractivity contribution in [2.24, 2.45) is 0 Å². The van der Waals surface area contributed by atoms with Crippen LogP contribution in [-0.4, -0.2) is 23.4 Å². The lowest BCUT2D eigenvalue weighted by molar-refractivity contribution is -0.116. The van der Waals surface area contributed by atoms with E-state index in [-0.39, 0.29) is 5.91 Å². The highest BCUT2D eigenvalue weighted by Gasteiger charge is 2.22. The molecule has 3 nitrogen and oxygen atoms in total. The number of amides is 1. The highest BCUT2D eigenvalue weighted by Crippen LogP contribution is 2.33. The number of carbonyl (C=O) groups is 1. The van der Waals surface area contributed by atoms with Crippen LogP contribution >= 0.6 is 23.4 Å². The van der Waals surface area contributed by atoms with E-state index in [0.717, 1.165) is 35.0 Å². The van der Waals surface area contributed by atoms with Crippen molar-refractivity contribution in [2.75, 3.05) is 17.4 Å². The van der Waals surface area contributed by atoms with E-state index in [1.54, 1.807) is 18.7 Å². The van der Waals surface area contributed by atoms with Gasteiger partial charge in [0, 0.05) is 18.1 Å². The average molecular weight is 325 g/mol. The number of benzene rings is 1. The molecular formula is C16H21ClN2OS. The van der Waals surface area contributed by atoms with E-state index in [0.29, 0.717) is 6.67 Å². The third-order valence-electron chi connectivity index (χ3n) is 3.62. The predicted octanol–water partition coefficient (Wildman–Crippen LogP) is 4.25. The third-order valence-corrected chi connectivity index (χ3v) is 4.77. The Kier molecular flexibility index (Phi) is 5.59. The highest BCUT2D eigenvalue weighted by molar-refractivity contribution is 8.02. The van der Waals surface area contributed by atoms with E-state index in [4.69, 9.17) is 11.6 Å². The van der Waals surface area contributed by atoms with Crippen LogP contribution in [0.2, 0.25) is 5.02 Å². The number of nitrogens with zero attached hydrogens (tertiary/aromatic N) is 2. The van der Waals surface area contributed by atoms with Crippen molar-refractivity contribution in [1.29, 1.82) is 0 Å². The van der Waals surface area contributed by atoms with Crippen molar-refractivity contribution in [3.63, 3.8) is 0 Å². The topological polar surface area (TPSA) is 23.6 Å². The van der Waals surface area contributed by atoms with E-state index in [1.165, 1.54) is 5.56 Å². The highest BCUT2D eigenvalue weighted by atomic mass is 35.5. The van der Waals surface area contributed by atoms with Gasteiger partial charge in [-0.25, -0.2) is 0 Å². The zero-order valence-corrected chi connectivity index (χ0v) is 14.3. The first-order chi connectivity index (χ1) is 10.1. The van der Waals surface area contributed by atoms with Crippen LogP contribution in [0.25, 0.3) is 0 Å². The zero-order chi connectivity index (χ0) is 15.4. The molecule has 0 saturated heterocycles. The Morgan fingerprint density at radius 2 is 2.14 bits per heavy atom. The molecule has 114 valence electrons. The van der Waals surface area contributed by atoms with Gasteiger partial charge in [0.05, 0.1) is 18.2 Å². The Labute approximate surface area is 135 Å². The molecule has 0 aliphatic carbocycles. The summed E-state index contributed by atoms with van der Waals surface area (Å²) < 4.78 is 0. The van der Waals surface area contributed by atoms with Gasteiger partial charge in [-0.1, -0.05) is 31.5 Å². The molecule has 21 heavy (non-hydrogen) atoms. The fraction of sp³-hybridized carbons (Fsp3) is 0.438. The number of thioether (sulfide) groups is 1. The average Bonchev–Trinajstić information content (AvgIpc) is 2.97. The Bertz CT molecular complexity index is 559. The lowest BCUT2D eigenvalue weighted by Gasteiger charge is -2.30. The van der Waals surface area contributed by atoms with Gasteiger partial charge in [-0.3, -0.25) is 9.69 Å². The lowest BCUT2D eigenvalue weighted by Crippen LogP contribution is -2.38. The molecule has 0 atom stereocenters. The van der Waals surface area contributed by atoms with E-state index >= 15 is 0 Å². The molecule has 0 N–H and O–H groups in total. The number of halogens is 1.